The van der Waals surface area contributed by atoms with E-state index >= 15 is 0 Å². The molecular formula is C16H24N2O7S. The highest BCUT2D eigenvalue weighted by atomic mass is 32.2. The zero-order chi connectivity index (χ0) is 19.7. The zero-order valence-corrected chi connectivity index (χ0v) is 15.9. The topological polar surface area (TPSA) is 128 Å². The van der Waals surface area contributed by atoms with Crippen molar-refractivity contribution >= 4 is 40.6 Å². The number of carbonyl (C=O) groups excluding carboxylic acids is 5. The van der Waals surface area contributed by atoms with Gasteiger partial charge in [0.05, 0.1) is 0 Å². The number of thioether (sulfide) groups is 1. The number of cyclic esters (lactones) is 1. The first kappa shape index (κ1) is 21.9. The first-order chi connectivity index (χ1) is 12.2. The SMILES string of the molecule is CCC(=O)OCC(C)(C)[C@H]1OC(=O)C(=O)SCCNC(=O)CCNC1=O. The van der Waals surface area contributed by atoms with E-state index in [1.54, 1.807) is 20.8 Å². The summed E-state index contributed by atoms with van der Waals surface area (Å²) in [6.45, 7) is 4.88. The molecule has 0 unspecified atom stereocenters. The third-order valence-corrected chi connectivity index (χ3v) is 4.38. The molecule has 1 saturated heterocycles. The second-order valence-electron chi connectivity index (χ2n) is 6.32. The Bertz CT molecular complexity index is 577. The van der Waals surface area contributed by atoms with E-state index < -0.39 is 34.5 Å². The van der Waals surface area contributed by atoms with Crippen LogP contribution in [-0.2, 0) is 33.4 Å². The van der Waals surface area contributed by atoms with E-state index in [4.69, 9.17) is 9.47 Å². The molecule has 2 N–H and O–H groups in total. The fourth-order valence-electron chi connectivity index (χ4n) is 2.04. The molecule has 2 amide bonds. The van der Waals surface area contributed by atoms with E-state index in [0.29, 0.717) is 11.8 Å². The van der Waals surface area contributed by atoms with Crippen LogP contribution in [0.15, 0.2) is 0 Å². The molecule has 1 fully saturated rings. The maximum absolute atomic E-state index is 12.5. The first-order valence-electron chi connectivity index (χ1n) is 8.25. The molecule has 0 aromatic heterocycles. The molecule has 1 aliphatic rings. The van der Waals surface area contributed by atoms with E-state index in [0.717, 1.165) is 0 Å². The minimum Gasteiger partial charge on any atom is -0.465 e. The summed E-state index contributed by atoms with van der Waals surface area (Å²) in [7, 11) is 0. The van der Waals surface area contributed by atoms with Crippen LogP contribution in [0, 0.1) is 5.41 Å². The van der Waals surface area contributed by atoms with Crippen molar-refractivity contribution in [3.05, 3.63) is 0 Å². The normalized spacial score (nSPS) is 20.7. The van der Waals surface area contributed by atoms with Crippen molar-refractivity contribution < 1.29 is 33.4 Å². The van der Waals surface area contributed by atoms with Crippen molar-refractivity contribution in [1.82, 2.24) is 10.6 Å². The Balaban J connectivity index is 2.95. The number of nitrogens with one attached hydrogen (secondary N) is 2. The van der Waals surface area contributed by atoms with Crippen molar-refractivity contribution in [1.29, 1.82) is 0 Å². The molecule has 26 heavy (non-hydrogen) atoms. The maximum atomic E-state index is 12.5. The molecule has 1 heterocycles. The van der Waals surface area contributed by atoms with Crippen LogP contribution >= 0.6 is 11.8 Å². The molecule has 0 aromatic rings. The molecule has 0 radical (unpaired) electrons. The number of esters is 2. The average Bonchev–Trinajstić information content (AvgIpc) is 2.60. The van der Waals surface area contributed by atoms with Gasteiger partial charge in [0.1, 0.15) is 6.61 Å². The van der Waals surface area contributed by atoms with Gasteiger partial charge in [-0.2, -0.15) is 0 Å². The number of carbonyl (C=O) groups is 5. The van der Waals surface area contributed by atoms with E-state index in [1.165, 1.54) is 0 Å². The predicted octanol–water partition coefficient (Wildman–Crippen LogP) is -0.226. The van der Waals surface area contributed by atoms with Crippen LogP contribution in [0.4, 0.5) is 0 Å². The van der Waals surface area contributed by atoms with Gasteiger partial charge in [-0.25, -0.2) is 4.79 Å². The van der Waals surface area contributed by atoms with Gasteiger partial charge in [-0.05, 0) is 0 Å². The van der Waals surface area contributed by atoms with Gasteiger partial charge in [0.2, 0.25) is 5.91 Å². The quantitative estimate of drug-likeness (QED) is 0.499. The number of rotatable bonds is 4. The Morgan fingerprint density at radius 3 is 2.58 bits per heavy atom. The summed E-state index contributed by atoms with van der Waals surface area (Å²) in [6, 6.07) is 0. The first-order valence-corrected chi connectivity index (χ1v) is 9.23. The predicted molar refractivity (Wildman–Crippen MR) is 93.0 cm³/mol. The van der Waals surface area contributed by atoms with Gasteiger partial charge in [0.25, 0.3) is 11.0 Å². The minimum atomic E-state index is -1.35. The molecule has 0 bridgehead atoms. The van der Waals surface area contributed by atoms with Crippen LogP contribution in [0.3, 0.4) is 0 Å². The smallest absolute Gasteiger partial charge is 0.386 e. The third-order valence-electron chi connectivity index (χ3n) is 3.54. The van der Waals surface area contributed by atoms with Gasteiger partial charge >= 0.3 is 11.9 Å². The van der Waals surface area contributed by atoms with Gasteiger partial charge in [-0.1, -0.05) is 32.5 Å². The second-order valence-corrected chi connectivity index (χ2v) is 7.38. The van der Waals surface area contributed by atoms with E-state index in [2.05, 4.69) is 10.6 Å². The number of hydrogen-bond acceptors (Lipinski definition) is 8. The van der Waals surface area contributed by atoms with Gasteiger partial charge in [-0.15, -0.1) is 0 Å². The molecule has 1 rings (SSSR count). The lowest BCUT2D eigenvalue weighted by molar-refractivity contribution is -0.169. The van der Waals surface area contributed by atoms with Crippen molar-refractivity contribution in [3.63, 3.8) is 0 Å². The molecule has 1 atom stereocenters. The standard InChI is InChI=1S/C16H24N2O7S/c1-4-11(20)24-9-16(2,3)12-13(21)18-6-5-10(19)17-7-8-26-15(23)14(22)25-12/h12H,4-9H2,1-3H3,(H,17,19)(H,18,21)/t12-/m0/s1. The molecule has 10 heteroatoms. The van der Waals surface area contributed by atoms with Crippen molar-refractivity contribution in [2.75, 3.05) is 25.4 Å². The molecule has 0 aromatic carbocycles. The molecule has 0 spiro atoms. The summed E-state index contributed by atoms with van der Waals surface area (Å²) in [5, 5.41) is 4.22. The van der Waals surface area contributed by atoms with Crippen LogP contribution in [0.5, 0.6) is 0 Å². The summed E-state index contributed by atoms with van der Waals surface area (Å²) in [4.78, 5) is 59.3. The molecular weight excluding hydrogens is 364 g/mol. The van der Waals surface area contributed by atoms with Gasteiger partial charge in [0, 0.05) is 37.1 Å². The van der Waals surface area contributed by atoms with Crippen LogP contribution < -0.4 is 10.6 Å². The highest BCUT2D eigenvalue weighted by Crippen LogP contribution is 2.25. The summed E-state index contributed by atoms with van der Waals surface area (Å²) < 4.78 is 10.2. The highest BCUT2D eigenvalue weighted by Gasteiger charge is 2.41. The number of hydrogen-bond donors (Lipinski definition) is 2. The van der Waals surface area contributed by atoms with Crippen LogP contribution in [0.2, 0.25) is 0 Å². The Morgan fingerprint density at radius 2 is 1.92 bits per heavy atom. The zero-order valence-electron chi connectivity index (χ0n) is 15.1. The lowest BCUT2D eigenvalue weighted by Gasteiger charge is -2.31. The number of amides is 2. The Labute approximate surface area is 155 Å². The van der Waals surface area contributed by atoms with E-state index in [9.17, 15) is 24.0 Å². The minimum absolute atomic E-state index is 0.0463. The van der Waals surface area contributed by atoms with Crippen molar-refractivity contribution in [2.45, 2.75) is 39.7 Å². The molecule has 146 valence electrons. The van der Waals surface area contributed by atoms with Crippen LogP contribution in [-0.4, -0.2) is 60.4 Å². The summed E-state index contributed by atoms with van der Waals surface area (Å²) in [6.07, 6.45) is -1.14. The maximum Gasteiger partial charge on any atom is 0.386 e. The van der Waals surface area contributed by atoms with Gasteiger partial charge in [0.15, 0.2) is 6.10 Å². The van der Waals surface area contributed by atoms with E-state index in [-0.39, 0.29) is 44.2 Å². The monoisotopic (exact) mass is 388 g/mol. The average molecular weight is 388 g/mol. The Kier molecular flexibility index (Phi) is 8.56. The summed E-state index contributed by atoms with van der Waals surface area (Å²) in [5.74, 6) is -2.35. The third kappa shape index (κ3) is 7.03. The van der Waals surface area contributed by atoms with Crippen molar-refractivity contribution in [3.8, 4) is 0 Å². The van der Waals surface area contributed by atoms with Crippen molar-refractivity contribution in [2.24, 2.45) is 5.41 Å². The largest absolute Gasteiger partial charge is 0.465 e. The summed E-state index contributed by atoms with van der Waals surface area (Å²) in [5.41, 5.74) is -1.07. The lowest BCUT2D eigenvalue weighted by atomic mass is 9.86. The molecule has 1 aliphatic heterocycles. The van der Waals surface area contributed by atoms with Crippen LogP contribution in [0.25, 0.3) is 0 Å². The Morgan fingerprint density at radius 1 is 1.23 bits per heavy atom. The van der Waals surface area contributed by atoms with Gasteiger partial charge < -0.3 is 20.1 Å². The molecule has 0 saturated carbocycles. The fourth-order valence-corrected chi connectivity index (χ4v) is 2.60. The lowest BCUT2D eigenvalue weighted by Crippen LogP contribution is -2.49. The highest BCUT2D eigenvalue weighted by molar-refractivity contribution is 8.15. The van der Waals surface area contributed by atoms with E-state index in [1.807, 2.05) is 0 Å². The Hall–Kier alpha value is -2.10. The van der Waals surface area contributed by atoms with Gasteiger partial charge in [-0.3, -0.25) is 19.2 Å². The second kappa shape index (κ2) is 10.1. The fraction of sp³-hybridized carbons (Fsp3) is 0.688. The molecule has 0 aliphatic carbocycles. The molecule has 9 nitrogen and oxygen atoms in total. The van der Waals surface area contributed by atoms with Crippen LogP contribution in [0.1, 0.15) is 33.6 Å². The number of ether oxygens (including phenoxy) is 2. The summed E-state index contributed by atoms with van der Waals surface area (Å²) >= 11 is 0.698.